The van der Waals surface area contributed by atoms with Crippen molar-refractivity contribution < 1.29 is 4.79 Å². The van der Waals surface area contributed by atoms with Gasteiger partial charge in [0.15, 0.2) is 0 Å². The van der Waals surface area contributed by atoms with Crippen molar-refractivity contribution in [2.24, 2.45) is 5.92 Å². The van der Waals surface area contributed by atoms with Crippen LogP contribution in [0.3, 0.4) is 0 Å². The number of piperidine rings is 1. The molecule has 2 aromatic heterocycles. The first-order valence-corrected chi connectivity index (χ1v) is 9.71. The van der Waals surface area contributed by atoms with Gasteiger partial charge in [0.1, 0.15) is 12.2 Å². The Morgan fingerprint density at radius 3 is 2.79 bits per heavy atom. The summed E-state index contributed by atoms with van der Waals surface area (Å²) in [7, 11) is 0. The van der Waals surface area contributed by atoms with Gasteiger partial charge in [0.25, 0.3) is 0 Å². The molecule has 24 heavy (non-hydrogen) atoms. The van der Waals surface area contributed by atoms with E-state index in [0.717, 1.165) is 44.7 Å². The van der Waals surface area contributed by atoms with Crippen LogP contribution in [-0.2, 0) is 11.3 Å². The summed E-state index contributed by atoms with van der Waals surface area (Å²) >= 11 is 1.84. The zero-order valence-electron chi connectivity index (χ0n) is 14.3. The van der Waals surface area contributed by atoms with Crippen molar-refractivity contribution in [2.75, 3.05) is 13.1 Å². The van der Waals surface area contributed by atoms with Crippen LogP contribution in [-0.4, -0.2) is 38.7 Å². The molecule has 2 fully saturated rings. The molecule has 0 radical (unpaired) electrons. The summed E-state index contributed by atoms with van der Waals surface area (Å²) in [5.74, 6) is 2.58. The predicted molar refractivity (Wildman–Crippen MR) is 94.2 cm³/mol. The molecule has 0 bridgehead atoms. The van der Waals surface area contributed by atoms with Crippen molar-refractivity contribution in [3.8, 4) is 0 Å². The third-order valence-electron chi connectivity index (χ3n) is 5.39. The summed E-state index contributed by atoms with van der Waals surface area (Å²) in [5.41, 5.74) is 0. The zero-order chi connectivity index (χ0) is 16.7. The standard InChI is InChI=1S/C18H24N4OS/c1-3-21-11-19-20-17(21)13-6-8-22(9-7-13)18(23)15-10-14(15)16-5-4-12(2)24-16/h4-5,11,13-15H,3,6-10H2,1-2H3/t14-,15+/m1/s1. The lowest BCUT2D eigenvalue weighted by Crippen LogP contribution is -2.39. The molecule has 128 valence electrons. The highest BCUT2D eigenvalue weighted by molar-refractivity contribution is 7.12. The monoisotopic (exact) mass is 344 g/mol. The molecule has 3 heterocycles. The van der Waals surface area contributed by atoms with E-state index in [-0.39, 0.29) is 5.92 Å². The third-order valence-corrected chi connectivity index (χ3v) is 6.52. The van der Waals surface area contributed by atoms with Crippen molar-refractivity contribution in [2.45, 2.75) is 51.5 Å². The molecule has 6 heteroatoms. The number of amides is 1. The first-order chi connectivity index (χ1) is 11.7. The van der Waals surface area contributed by atoms with E-state index in [2.05, 4.69) is 45.6 Å². The van der Waals surface area contributed by atoms with Gasteiger partial charge in [-0.1, -0.05) is 0 Å². The van der Waals surface area contributed by atoms with E-state index in [4.69, 9.17) is 0 Å². The molecule has 1 aliphatic heterocycles. The van der Waals surface area contributed by atoms with E-state index in [9.17, 15) is 4.79 Å². The van der Waals surface area contributed by atoms with E-state index in [0.29, 0.717) is 17.7 Å². The minimum atomic E-state index is 0.221. The van der Waals surface area contributed by atoms with Crippen LogP contribution in [0.1, 0.15) is 53.6 Å². The van der Waals surface area contributed by atoms with Gasteiger partial charge in [0.2, 0.25) is 5.91 Å². The van der Waals surface area contributed by atoms with E-state index >= 15 is 0 Å². The van der Waals surface area contributed by atoms with Gasteiger partial charge in [-0.2, -0.15) is 0 Å². The first kappa shape index (κ1) is 15.8. The van der Waals surface area contributed by atoms with E-state index < -0.39 is 0 Å². The Morgan fingerprint density at radius 2 is 2.12 bits per heavy atom. The molecule has 0 N–H and O–H groups in total. The number of hydrogen-bond acceptors (Lipinski definition) is 4. The fourth-order valence-corrected chi connectivity index (χ4v) is 4.91. The Bertz CT molecular complexity index is 729. The molecule has 1 amide bonds. The van der Waals surface area contributed by atoms with Crippen LogP contribution < -0.4 is 0 Å². The quantitative estimate of drug-likeness (QED) is 0.856. The van der Waals surface area contributed by atoms with Crippen LogP contribution in [0.15, 0.2) is 18.5 Å². The Labute approximate surface area is 146 Å². The molecule has 0 unspecified atom stereocenters. The number of rotatable bonds is 4. The van der Waals surface area contributed by atoms with Crippen LogP contribution in [0.5, 0.6) is 0 Å². The molecule has 1 saturated carbocycles. The Hall–Kier alpha value is -1.69. The van der Waals surface area contributed by atoms with Crippen LogP contribution in [0, 0.1) is 12.8 Å². The molecule has 2 atom stereocenters. The van der Waals surface area contributed by atoms with E-state index in [1.165, 1.54) is 9.75 Å². The number of nitrogens with zero attached hydrogens (tertiary/aromatic N) is 4. The molecule has 0 spiro atoms. The molecule has 2 aliphatic rings. The second-order valence-electron chi connectivity index (χ2n) is 6.97. The van der Waals surface area contributed by atoms with Crippen LogP contribution >= 0.6 is 11.3 Å². The molecular weight excluding hydrogens is 320 g/mol. The Kier molecular flexibility index (Phi) is 4.16. The maximum Gasteiger partial charge on any atom is 0.226 e. The van der Waals surface area contributed by atoms with Crippen molar-refractivity contribution >= 4 is 17.2 Å². The van der Waals surface area contributed by atoms with Gasteiger partial charge in [-0.3, -0.25) is 4.79 Å². The third kappa shape index (κ3) is 2.88. The molecule has 1 saturated heterocycles. The van der Waals surface area contributed by atoms with Crippen molar-refractivity contribution in [3.63, 3.8) is 0 Å². The topological polar surface area (TPSA) is 51.0 Å². The van der Waals surface area contributed by atoms with Gasteiger partial charge >= 0.3 is 0 Å². The number of carbonyl (C=O) groups excluding carboxylic acids is 1. The summed E-state index contributed by atoms with van der Waals surface area (Å²) < 4.78 is 2.12. The highest BCUT2D eigenvalue weighted by atomic mass is 32.1. The highest BCUT2D eigenvalue weighted by Gasteiger charge is 2.46. The average molecular weight is 344 g/mol. The fourth-order valence-electron chi connectivity index (χ4n) is 3.85. The molecule has 0 aromatic carbocycles. The maximum atomic E-state index is 12.8. The normalized spacial score (nSPS) is 24.3. The lowest BCUT2D eigenvalue weighted by molar-refractivity contribution is -0.133. The lowest BCUT2D eigenvalue weighted by Gasteiger charge is -2.31. The largest absolute Gasteiger partial charge is 0.342 e. The molecular formula is C18H24N4OS. The fraction of sp³-hybridized carbons (Fsp3) is 0.611. The maximum absolute atomic E-state index is 12.8. The highest BCUT2D eigenvalue weighted by Crippen LogP contribution is 2.50. The minimum Gasteiger partial charge on any atom is -0.342 e. The average Bonchev–Trinajstić information content (AvgIpc) is 3.04. The van der Waals surface area contributed by atoms with Gasteiger partial charge in [0, 0.05) is 47.1 Å². The van der Waals surface area contributed by atoms with E-state index in [1.807, 2.05) is 17.7 Å². The second-order valence-corrected chi connectivity index (χ2v) is 8.29. The number of aromatic nitrogens is 3. The van der Waals surface area contributed by atoms with Crippen LogP contribution in [0.25, 0.3) is 0 Å². The number of carbonyl (C=O) groups is 1. The number of aryl methyl sites for hydroxylation is 2. The van der Waals surface area contributed by atoms with Gasteiger partial charge in [-0.15, -0.1) is 21.5 Å². The Morgan fingerprint density at radius 1 is 1.33 bits per heavy atom. The van der Waals surface area contributed by atoms with Crippen LogP contribution in [0.4, 0.5) is 0 Å². The molecule has 2 aromatic rings. The minimum absolute atomic E-state index is 0.221. The lowest BCUT2D eigenvalue weighted by atomic mass is 9.95. The van der Waals surface area contributed by atoms with Crippen molar-refractivity contribution in [1.29, 1.82) is 0 Å². The van der Waals surface area contributed by atoms with Gasteiger partial charge in [-0.25, -0.2) is 0 Å². The van der Waals surface area contributed by atoms with Gasteiger partial charge in [-0.05, 0) is 45.2 Å². The molecule has 4 rings (SSSR count). The SMILES string of the molecule is CCn1cnnc1C1CCN(C(=O)[C@H]2C[C@H]2c2ccc(C)s2)CC1. The first-order valence-electron chi connectivity index (χ1n) is 8.90. The summed E-state index contributed by atoms with van der Waals surface area (Å²) in [5, 5.41) is 8.33. The summed E-state index contributed by atoms with van der Waals surface area (Å²) in [4.78, 5) is 17.6. The number of thiophene rings is 1. The van der Waals surface area contributed by atoms with E-state index in [1.54, 1.807) is 0 Å². The summed E-state index contributed by atoms with van der Waals surface area (Å²) in [6, 6.07) is 4.36. The molecule has 1 aliphatic carbocycles. The molecule has 5 nitrogen and oxygen atoms in total. The smallest absolute Gasteiger partial charge is 0.226 e. The van der Waals surface area contributed by atoms with Gasteiger partial charge < -0.3 is 9.47 Å². The van der Waals surface area contributed by atoms with Crippen LogP contribution in [0.2, 0.25) is 0 Å². The van der Waals surface area contributed by atoms with Crippen molar-refractivity contribution in [3.05, 3.63) is 34.0 Å². The summed E-state index contributed by atoms with van der Waals surface area (Å²) in [6.45, 7) is 6.86. The Balaban J connectivity index is 1.34. The van der Waals surface area contributed by atoms with Crippen molar-refractivity contribution in [1.82, 2.24) is 19.7 Å². The number of hydrogen-bond donors (Lipinski definition) is 0. The predicted octanol–water partition coefficient (Wildman–Crippen LogP) is 3.18. The second kappa shape index (κ2) is 6.31. The number of likely N-dealkylation sites (tertiary alicyclic amines) is 1. The zero-order valence-corrected chi connectivity index (χ0v) is 15.1. The van der Waals surface area contributed by atoms with Gasteiger partial charge in [0.05, 0.1) is 0 Å². The summed E-state index contributed by atoms with van der Waals surface area (Å²) in [6.07, 6.45) is 4.84.